The quantitative estimate of drug-likeness (QED) is 0.740. The van der Waals surface area contributed by atoms with Crippen LogP contribution in [0.15, 0.2) is 48.5 Å². The third-order valence-corrected chi connectivity index (χ3v) is 5.10. The normalized spacial score (nSPS) is 19.0. The van der Waals surface area contributed by atoms with Crippen LogP contribution < -0.4 is 20.5 Å². The fourth-order valence-corrected chi connectivity index (χ4v) is 3.70. The Labute approximate surface area is 172 Å². The molecule has 0 unspecified atom stereocenters. The Balaban J connectivity index is 0.00000280. The van der Waals surface area contributed by atoms with Gasteiger partial charge in [0.05, 0.1) is 26.5 Å². The van der Waals surface area contributed by atoms with Gasteiger partial charge in [0.1, 0.15) is 11.5 Å². The fraction of sp³-hybridized carbons (Fsp3) is 0.381. The number of halogens is 1. The zero-order chi connectivity index (χ0) is 19.2. The van der Waals surface area contributed by atoms with Crippen LogP contribution in [0.3, 0.4) is 0 Å². The van der Waals surface area contributed by atoms with E-state index in [-0.39, 0.29) is 18.3 Å². The van der Waals surface area contributed by atoms with Gasteiger partial charge in [0.15, 0.2) is 0 Å². The molecule has 1 heterocycles. The first-order valence-corrected chi connectivity index (χ1v) is 9.13. The molecule has 0 aromatic heterocycles. The van der Waals surface area contributed by atoms with Crippen molar-refractivity contribution in [2.24, 2.45) is 11.7 Å². The van der Waals surface area contributed by atoms with Crippen LogP contribution in [0.4, 0.5) is 5.69 Å². The highest BCUT2D eigenvalue weighted by Crippen LogP contribution is 2.32. The molecule has 1 aliphatic heterocycles. The number of carbonyl (C=O) groups is 1. The number of methoxy groups -OCH3 is 2. The van der Waals surface area contributed by atoms with Crippen molar-refractivity contribution in [3.63, 3.8) is 0 Å². The number of nitrogens with one attached hydrogen (secondary N) is 1. The third kappa shape index (κ3) is 5.16. The summed E-state index contributed by atoms with van der Waals surface area (Å²) in [7, 11) is 3.17. The van der Waals surface area contributed by atoms with Gasteiger partial charge < -0.3 is 20.5 Å². The smallest absolute Gasteiger partial charge is 0.238 e. The molecule has 1 fully saturated rings. The van der Waals surface area contributed by atoms with Crippen molar-refractivity contribution in [1.29, 1.82) is 0 Å². The highest BCUT2D eigenvalue weighted by atomic mass is 35.5. The molecule has 7 heteroatoms. The van der Waals surface area contributed by atoms with Gasteiger partial charge in [-0.05, 0) is 30.2 Å². The molecule has 1 saturated heterocycles. The van der Waals surface area contributed by atoms with E-state index < -0.39 is 0 Å². The van der Waals surface area contributed by atoms with Gasteiger partial charge in [0, 0.05) is 25.1 Å². The fourth-order valence-electron chi connectivity index (χ4n) is 3.70. The van der Waals surface area contributed by atoms with Crippen LogP contribution in [0.2, 0.25) is 0 Å². The van der Waals surface area contributed by atoms with Crippen LogP contribution in [0.25, 0.3) is 0 Å². The van der Waals surface area contributed by atoms with Gasteiger partial charge in [-0.2, -0.15) is 0 Å². The molecule has 0 aliphatic carbocycles. The number of amides is 1. The van der Waals surface area contributed by atoms with Crippen LogP contribution in [0, 0.1) is 5.92 Å². The molecule has 1 amide bonds. The molecular formula is C21H28ClN3O3. The van der Waals surface area contributed by atoms with Crippen molar-refractivity contribution in [2.75, 3.05) is 45.7 Å². The molecule has 0 spiro atoms. The van der Waals surface area contributed by atoms with E-state index in [1.54, 1.807) is 32.4 Å². The van der Waals surface area contributed by atoms with Crippen LogP contribution in [-0.4, -0.2) is 51.2 Å². The van der Waals surface area contributed by atoms with Gasteiger partial charge in [-0.3, -0.25) is 9.69 Å². The van der Waals surface area contributed by atoms with E-state index in [9.17, 15) is 4.79 Å². The molecule has 6 nitrogen and oxygen atoms in total. The first-order chi connectivity index (χ1) is 13.1. The maximum atomic E-state index is 12.6. The minimum absolute atomic E-state index is 0. The molecular weight excluding hydrogens is 378 g/mol. The second kappa shape index (κ2) is 10.3. The topological polar surface area (TPSA) is 76.8 Å². The van der Waals surface area contributed by atoms with Crippen molar-refractivity contribution in [3.8, 4) is 11.5 Å². The molecule has 2 atom stereocenters. The minimum atomic E-state index is -0.0667. The summed E-state index contributed by atoms with van der Waals surface area (Å²) >= 11 is 0. The van der Waals surface area contributed by atoms with Gasteiger partial charge in [0.2, 0.25) is 5.91 Å². The zero-order valence-corrected chi connectivity index (χ0v) is 17.1. The molecule has 2 aromatic carbocycles. The maximum absolute atomic E-state index is 12.6. The van der Waals surface area contributed by atoms with Crippen LogP contribution in [0.5, 0.6) is 11.5 Å². The van der Waals surface area contributed by atoms with Gasteiger partial charge in [-0.15, -0.1) is 12.4 Å². The average Bonchev–Trinajstić information content (AvgIpc) is 3.11. The average molecular weight is 406 g/mol. The summed E-state index contributed by atoms with van der Waals surface area (Å²) in [5, 5.41) is 2.93. The summed E-state index contributed by atoms with van der Waals surface area (Å²) in [5.74, 6) is 1.91. The van der Waals surface area contributed by atoms with E-state index in [1.165, 1.54) is 5.56 Å². The molecule has 3 N–H and O–H groups in total. The Kier molecular flexibility index (Phi) is 8.11. The zero-order valence-electron chi connectivity index (χ0n) is 16.3. The first kappa shape index (κ1) is 22.0. The second-order valence-corrected chi connectivity index (χ2v) is 6.82. The summed E-state index contributed by atoms with van der Waals surface area (Å²) in [5.41, 5.74) is 7.91. The maximum Gasteiger partial charge on any atom is 0.238 e. The minimum Gasteiger partial charge on any atom is -0.497 e. The van der Waals surface area contributed by atoms with Crippen molar-refractivity contribution < 1.29 is 14.3 Å². The van der Waals surface area contributed by atoms with E-state index in [0.717, 1.165) is 13.1 Å². The summed E-state index contributed by atoms with van der Waals surface area (Å²) in [6.07, 6.45) is 0. The Morgan fingerprint density at radius 2 is 1.89 bits per heavy atom. The lowest BCUT2D eigenvalue weighted by Crippen LogP contribution is -2.32. The largest absolute Gasteiger partial charge is 0.497 e. The molecule has 152 valence electrons. The van der Waals surface area contributed by atoms with Crippen molar-refractivity contribution in [1.82, 2.24) is 4.90 Å². The van der Waals surface area contributed by atoms with E-state index in [4.69, 9.17) is 15.2 Å². The highest BCUT2D eigenvalue weighted by molar-refractivity contribution is 5.93. The van der Waals surface area contributed by atoms with E-state index >= 15 is 0 Å². The SMILES string of the molecule is COc1ccc(NC(=O)CN2C[C@@H](CN)[C@H](c3ccccc3)C2)c(OC)c1.Cl. The van der Waals surface area contributed by atoms with Gasteiger partial charge in [-0.25, -0.2) is 0 Å². The Hall–Kier alpha value is -2.28. The lowest BCUT2D eigenvalue weighted by molar-refractivity contribution is -0.117. The number of rotatable bonds is 7. The monoisotopic (exact) mass is 405 g/mol. The first-order valence-electron chi connectivity index (χ1n) is 9.13. The third-order valence-electron chi connectivity index (χ3n) is 5.10. The van der Waals surface area contributed by atoms with Crippen molar-refractivity contribution in [2.45, 2.75) is 5.92 Å². The number of anilines is 1. The molecule has 0 radical (unpaired) electrons. The molecule has 3 rings (SSSR count). The second-order valence-electron chi connectivity index (χ2n) is 6.82. The number of carbonyl (C=O) groups excluding carboxylic acids is 1. The number of nitrogens with two attached hydrogens (primary N) is 1. The van der Waals surface area contributed by atoms with E-state index in [0.29, 0.717) is 42.1 Å². The summed E-state index contributed by atoms with van der Waals surface area (Å²) in [6, 6.07) is 15.7. The number of benzene rings is 2. The van der Waals surface area contributed by atoms with Crippen molar-refractivity contribution >= 4 is 24.0 Å². The number of hydrogen-bond donors (Lipinski definition) is 2. The molecule has 1 aliphatic rings. The standard InChI is InChI=1S/C21H27N3O3.ClH/c1-26-17-8-9-19(20(10-17)27-2)23-21(25)14-24-12-16(11-22)18(13-24)15-6-4-3-5-7-15;/h3-10,16,18H,11-14,22H2,1-2H3,(H,23,25);1H/t16-,18+;/m1./s1. The summed E-state index contributed by atoms with van der Waals surface area (Å²) < 4.78 is 10.5. The lowest BCUT2D eigenvalue weighted by atomic mass is 9.89. The lowest BCUT2D eigenvalue weighted by Gasteiger charge is -2.17. The Morgan fingerprint density at radius 3 is 2.54 bits per heavy atom. The molecule has 28 heavy (non-hydrogen) atoms. The predicted molar refractivity (Wildman–Crippen MR) is 114 cm³/mol. The molecule has 0 bridgehead atoms. The van der Waals surface area contributed by atoms with Crippen molar-refractivity contribution in [3.05, 3.63) is 54.1 Å². The van der Waals surface area contributed by atoms with E-state index in [2.05, 4.69) is 22.3 Å². The Morgan fingerprint density at radius 1 is 1.14 bits per heavy atom. The predicted octanol–water partition coefficient (Wildman–Crippen LogP) is 2.74. The number of hydrogen-bond acceptors (Lipinski definition) is 5. The Bertz CT molecular complexity index is 773. The summed E-state index contributed by atoms with van der Waals surface area (Å²) in [6.45, 7) is 2.60. The van der Waals surface area contributed by atoms with Crippen LogP contribution in [0.1, 0.15) is 11.5 Å². The van der Waals surface area contributed by atoms with Gasteiger partial charge >= 0.3 is 0 Å². The molecule has 0 saturated carbocycles. The van der Waals surface area contributed by atoms with E-state index in [1.807, 2.05) is 18.2 Å². The number of ether oxygens (including phenoxy) is 2. The number of likely N-dealkylation sites (tertiary alicyclic amines) is 1. The van der Waals surface area contributed by atoms with Gasteiger partial charge in [0.25, 0.3) is 0 Å². The highest BCUT2D eigenvalue weighted by Gasteiger charge is 2.33. The van der Waals surface area contributed by atoms with Gasteiger partial charge in [-0.1, -0.05) is 30.3 Å². The van der Waals surface area contributed by atoms with Crippen LogP contribution >= 0.6 is 12.4 Å². The number of nitrogens with zero attached hydrogens (tertiary/aromatic N) is 1. The molecule has 2 aromatic rings. The van der Waals surface area contributed by atoms with Crippen LogP contribution in [-0.2, 0) is 4.79 Å². The summed E-state index contributed by atoms with van der Waals surface area (Å²) in [4.78, 5) is 14.7.